The van der Waals surface area contributed by atoms with Crippen molar-refractivity contribution in [3.63, 3.8) is 0 Å². The number of carbonyl (C=O) groups excluding carboxylic acids is 1. The highest BCUT2D eigenvalue weighted by Crippen LogP contribution is 2.32. The molecule has 0 aliphatic heterocycles. The van der Waals surface area contributed by atoms with E-state index in [9.17, 15) is 19.1 Å². The summed E-state index contributed by atoms with van der Waals surface area (Å²) >= 11 is 1.52. The van der Waals surface area contributed by atoms with Gasteiger partial charge in [0.05, 0.1) is 6.61 Å². The zero-order valence-electron chi connectivity index (χ0n) is 12.1. The van der Waals surface area contributed by atoms with Gasteiger partial charge in [-0.3, -0.25) is 9.59 Å². The lowest BCUT2D eigenvalue weighted by atomic mass is 9.78. The molecule has 21 heavy (non-hydrogen) atoms. The molecule has 6 heteroatoms. The minimum atomic E-state index is -1.86. The molecule has 1 unspecified atom stereocenters. The number of benzene rings is 1. The third kappa shape index (κ3) is 3.97. The van der Waals surface area contributed by atoms with E-state index in [-0.39, 0.29) is 18.6 Å². The SMILES string of the molecule is CCOC(=O)C(CCSCC)(C(=O)O)c1cccc(F)c1. The zero-order valence-corrected chi connectivity index (χ0v) is 12.9. The number of rotatable bonds is 8. The molecule has 0 aliphatic carbocycles. The van der Waals surface area contributed by atoms with Crippen LogP contribution in [0.3, 0.4) is 0 Å². The third-order valence-electron chi connectivity index (χ3n) is 3.13. The highest BCUT2D eigenvalue weighted by atomic mass is 32.2. The largest absolute Gasteiger partial charge is 0.480 e. The van der Waals surface area contributed by atoms with E-state index < -0.39 is 23.2 Å². The molecule has 1 atom stereocenters. The van der Waals surface area contributed by atoms with Crippen molar-refractivity contribution < 1.29 is 23.8 Å². The Hall–Kier alpha value is -1.56. The summed E-state index contributed by atoms with van der Waals surface area (Å²) in [6, 6.07) is 5.14. The van der Waals surface area contributed by atoms with Gasteiger partial charge in [0.25, 0.3) is 0 Å². The predicted molar refractivity (Wildman–Crippen MR) is 80.0 cm³/mol. The molecule has 0 saturated carbocycles. The van der Waals surface area contributed by atoms with Gasteiger partial charge in [0.1, 0.15) is 5.82 Å². The summed E-state index contributed by atoms with van der Waals surface area (Å²) in [7, 11) is 0. The number of esters is 1. The van der Waals surface area contributed by atoms with E-state index >= 15 is 0 Å². The molecule has 1 aromatic carbocycles. The average Bonchev–Trinajstić information content (AvgIpc) is 2.43. The number of hydrogen-bond acceptors (Lipinski definition) is 4. The smallest absolute Gasteiger partial charge is 0.328 e. The Balaban J connectivity index is 3.29. The van der Waals surface area contributed by atoms with Crippen molar-refractivity contribution in [1.29, 1.82) is 0 Å². The fourth-order valence-corrected chi connectivity index (χ4v) is 2.80. The van der Waals surface area contributed by atoms with E-state index in [1.54, 1.807) is 6.92 Å². The predicted octanol–water partition coefficient (Wildman–Crippen LogP) is 2.85. The van der Waals surface area contributed by atoms with Crippen molar-refractivity contribution in [2.75, 3.05) is 18.1 Å². The second-order valence-corrected chi connectivity index (χ2v) is 5.78. The van der Waals surface area contributed by atoms with Crippen molar-refractivity contribution in [2.45, 2.75) is 25.7 Å². The van der Waals surface area contributed by atoms with Crippen molar-refractivity contribution in [2.24, 2.45) is 0 Å². The van der Waals surface area contributed by atoms with E-state index in [0.717, 1.165) is 11.8 Å². The highest BCUT2D eigenvalue weighted by Gasteiger charge is 2.49. The lowest BCUT2D eigenvalue weighted by Crippen LogP contribution is -2.45. The molecular formula is C15H19FO4S. The quantitative estimate of drug-likeness (QED) is 0.454. The molecule has 1 rings (SSSR count). The van der Waals surface area contributed by atoms with Gasteiger partial charge in [0, 0.05) is 0 Å². The van der Waals surface area contributed by atoms with Crippen molar-refractivity contribution >= 4 is 23.7 Å². The summed E-state index contributed by atoms with van der Waals surface area (Å²) in [5, 5.41) is 9.63. The molecule has 4 nitrogen and oxygen atoms in total. The normalized spacial score (nSPS) is 13.5. The van der Waals surface area contributed by atoms with Gasteiger partial charge >= 0.3 is 11.9 Å². The number of carboxylic acid groups (broad SMARTS) is 1. The first-order valence-corrected chi connectivity index (χ1v) is 7.88. The number of carbonyl (C=O) groups is 2. The Morgan fingerprint density at radius 1 is 1.38 bits per heavy atom. The maximum Gasteiger partial charge on any atom is 0.328 e. The first-order chi connectivity index (χ1) is 9.98. The van der Waals surface area contributed by atoms with Gasteiger partial charge in [-0.15, -0.1) is 0 Å². The molecule has 1 N–H and O–H groups in total. The van der Waals surface area contributed by atoms with E-state index in [1.807, 2.05) is 6.92 Å². The molecule has 0 saturated heterocycles. The Bertz CT molecular complexity index is 506. The molecule has 0 spiro atoms. The van der Waals surface area contributed by atoms with E-state index in [4.69, 9.17) is 4.74 Å². The molecule has 0 radical (unpaired) electrons. The molecule has 0 aromatic heterocycles. The van der Waals surface area contributed by atoms with Crippen LogP contribution >= 0.6 is 11.8 Å². The maximum absolute atomic E-state index is 13.4. The van der Waals surface area contributed by atoms with Crippen LogP contribution in [0.25, 0.3) is 0 Å². The summed E-state index contributed by atoms with van der Waals surface area (Å²) in [6.07, 6.45) is 0.0587. The fourth-order valence-electron chi connectivity index (χ4n) is 2.06. The van der Waals surface area contributed by atoms with Gasteiger partial charge in [-0.2, -0.15) is 11.8 Å². The molecule has 116 valence electrons. The standard InChI is InChI=1S/C15H19FO4S/c1-3-20-14(19)15(13(17)18,8-9-21-4-2)11-6-5-7-12(16)10-11/h5-7,10H,3-4,8-9H2,1-2H3,(H,17,18). The zero-order chi connectivity index (χ0) is 15.9. The number of thioether (sulfide) groups is 1. The molecule has 0 bridgehead atoms. The van der Waals surface area contributed by atoms with Crippen molar-refractivity contribution in [3.05, 3.63) is 35.6 Å². The summed E-state index contributed by atoms with van der Waals surface area (Å²) in [5.74, 6) is -1.46. The van der Waals surface area contributed by atoms with Crippen LogP contribution in [0.1, 0.15) is 25.8 Å². The summed E-state index contributed by atoms with van der Waals surface area (Å²) in [5.41, 5.74) is -1.74. The van der Waals surface area contributed by atoms with Gasteiger partial charge in [0.15, 0.2) is 5.41 Å². The monoisotopic (exact) mass is 314 g/mol. The van der Waals surface area contributed by atoms with Gasteiger partial charge in [-0.25, -0.2) is 4.39 Å². The Kier molecular flexibility index (Phi) is 6.68. The number of hydrogen-bond donors (Lipinski definition) is 1. The number of ether oxygens (including phenoxy) is 1. The third-order valence-corrected chi connectivity index (χ3v) is 4.03. The van der Waals surface area contributed by atoms with Gasteiger partial charge < -0.3 is 9.84 Å². The van der Waals surface area contributed by atoms with Crippen LogP contribution in [0.5, 0.6) is 0 Å². The lowest BCUT2D eigenvalue weighted by Gasteiger charge is -2.27. The average molecular weight is 314 g/mol. The summed E-state index contributed by atoms with van der Waals surface area (Å²) in [6.45, 7) is 3.63. The summed E-state index contributed by atoms with van der Waals surface area (Å²) in [4.78, 5) is 24.1. The van der Waals surface area contributed by atoms with Crippen LogP contribution in [-0.2, 0) is 19.7 Å². The number of halogens is 1. The Morgan fingerprint density at radius 3 is 2.62 bits per heavy atom. The van der Waals surface area contributed by atoms with Gasteiger partial charge in [-0.1, -0.05) is 19.1 Å². The van der Waals surface area contributed by atoms with E-state index in [1.165, 1.54) is 30.0 Å². The Morgan fingerprint density at radius 2 is 2.10 bits per heavy atom. The van der Waals surface area contributed by atoms with Crippen molar-refractivity contribution in [1.82, 2.24) is 0 Å². The van der Waals surface area contributed by atoms with Crippen LogP contribution in [-0.4, -0.2) is 35.2 Å². The fraction of sp³-hybridized carbons (Fsp3) is 0.467. The maximum atomic E-state index is 13.4. The van der Waals surface area contributed by atoms with Crippen LogP contribution in [0, 0.1) is 5.82 Å². The van der Waals surface area contributed by atoms with E-state index in [2.05, 4.69) is 0 Å². The summed E-state index contributed by atoms with van der Waals surface area (Å²) < 4.78 is 18.4. The van der Waals surface area contributed by atoms with E-state index in [0.29, 0.717) is 5.75 Å². The Labute approximate surface area is 127 Å². The second-order valence-electron chi connectivity index (χ2n) is 4.39. The number of aliphatic carboxylic acids is 1. The van der Waals surface area contributed by atoms with Crippen LogP contribution < -0.4 is 0 Å². The van der Waals surface area contributed by atoms with Gasteiger partial charge in [-0.05, 0) is 42.5 Å². The first kappa shape index (κ1) is 17.5. The molecule has 1 aromatic rings. The van der Waals surface area contributed by atoms with Crippen LogP contribution in [0.15, 0.2) is 24.3 Å². The molecule has 0 aliphatic rings. The van der Waals surface area contributed by atoms with Gasteiger partial charge in [0.2, 0.25) is 0 Å². The number of carboxylic acids is 1. The minimum Gasteiger partial charge on any atom is -0.480 e. The van der Waals surface area contributed by atoms with Crippen LogP contribution in [0.4, 0.5) is 4.39 Å². The van der Waals surface area contributed by atoms with Crippen molar-refractivity contribution in [3.8, 4) is 0 Å². The molecular weight excluding hydrogens is 295 g/mol. The minimum absolute atomic E-state index is 0.0587. The lowest BCUT2D eigenvalue weighted by molar-refractivity contribution is -0.161. The van der Waals surface area contributed by atoms with Crippen LogP contribution in [0.2, 0.25) is 0 Å². The molecule has 0 heterocycles. The molecule has 0 fully saturated rings. The highest BCUT2D eigenvalue weighted by molar-refractivity contribution is 7.99. The molecule has 0 amide bonds. The second kappa shape index (κ2) is 8.02. The topological polar surface area (TPSA) is 63.6 Å². The first-order valence-electron chi connectivity index (χ1n) is 6.73.